The molecule has 150 valence electrons. The number of aryl methyl sites for hydroxylation is 2. The summed E-state index contributed by atoms with van der Waals surface area (Å²) in [5.74, 6) is -0.749. The van der Waals surface area contributed by atoms with E-state index in [1.54, 1.807) is 0 Å². The van der Waals surface area contributed by atoms with E-state index in [2.05, 4.69) is 27.8 Å². The molecule has 0 atom stereocenters. The minimum atomic E-state index is -0.392. The highest BCUT2D eigenvalue weighted by Gasteiger charge is 2.10. The van der Waals surface area contributed by atoms with Crippen molar-refractivity contribution in [2.75, 3.05) is 11.9 Å². The third-order valence-corrected chi connectivity index (χ3v) is 5.10. The summed E-state index contributed by atoms with van der Waals surface area (Å²) in [6.45, 7) is 0.643. The third kappa shape index (κ3) is 6.80. The van der Waals surface area contributed by atoms with E-state index < -0.39 is 5.82 Å². The van der Waals surface area contributed by atoms with E-state index in [1.807, 2.05) is 23.6 Å². The summed E-state index contributed by atoms with van der Waals surface area (Å²) in [4.78, 5) is 28.4. The summed E-state index contributed by atoms with van der Waals surface area (Å²) in [7, 11) is 0. The molecule has 0 radical (unpaired) electrons. The normalized spacial score (nSPS) is 10.5. The van der Waals surface area contributed by atoms with E-state index in [0.717, 1.165) is 18.5 Å². The lowest BCUT2D eigenvalue weighted by Crippen LogP contribution is -2.25. The van der Waals surface area contributed by atoms with Gasteiger partial charge in [0.1, 0.15) is 5.82 Å². The van der Waals surface area contributed by atoms with Crippen LogP contribution in [0.15, 0.2) is 60.0 Å². The van der Waals surface area contributed by atoms with Gasteiger partial charge in [-0.05, 0) is 49.1 Å². The van der Waals surface area contributed by atoms with Crippen LogP contribution in [-0.2, 0) is 17.6 Å². The molecule has 0 aliphatic heterocycles. The van der Waals surface area contributed by atoms with Crippen molar-refractivity contribution in [2.45, 2.75) is 25.7 Å². The maximum absolute atomic E-state index is 12.9. The van der Waals surface area contributed by atoms with Gasteiger partial charge in [-0.2, -0.15) is 0 Å². The van der Waals surface area contributed by atoms with Crippen molar-refractivity contribution in [3.63, 3.8) is 0 Å². The molecular weight excluding hydrogens is 389 g/mol. The molecule has 0 saturated carbocycles. The number of carbonyl (C=O) groups is 2. The van der Waals surface area contributed by atoms with Crippen LogP contribution in [-0.4, -0.2) is 23.3 Å². The van der Waals surface area contributed by atoms with Crippen molar-refractivity contribution in [3.05, 3.63) is 82.6 Å². The van der Waals surface area contributed by atoms with Crippen LogP contribution in [0.1, 0.15) is 34.5 Å². The van der Waals surface area contributed by atoms with Gasteiger partial charge in [-0.25, -0.2) is 9.37 Å². The first kappa shape index (κ1) is 20.7. The van der Waals surface area contributed by atoms with E-state index in [4.69, 9.17) is 0 Å². The highest BCUT2D eigenvalue weighted by Crippen LogP contribution is 2.17. The maximum atomic E-state index is 12.9. The summed E-state index contributed by atoms with van der Waals surface area (Å²) in [6.07, 6.45) is 2.68. The number of amides is 2. The van der Waals surface area contributed by atoms with E-state index in [-0.39, 0.29) is 11.8 Å². The minimum absolute atomic E-state index is 0.0111. The number of hydrogen-bond donors (Lipinski definition) is 2. The number of nitrogens with zero attached hydrogens (tertiary/aromatic N) is 1. The first-order chi connectivity index (χ1) is 14.1. The molecule has 0 saturated heterocycles. The molecule has 29 heavy (non-hydrogen) atoms. The monoisotopic (exact) mass is 411 g/mol. The van der Waals surface area contributed by atoms with Crippen molar-refractivity contribution in [2.24, 2.45) is 0 Å². The molecule has 2 aromatic carbocycles. The largest absolute Gasteiger partial charge is 0.356 e. The Morgan fingerprint density at radius 3 is 2.52 bits per heavy atom. The second kappa shape index (κ2) is 10.5. The lowest BCUT2D eigenvalue weighted by Gasteiger charge is -2.05. The molecule has 1 heterocycles. The zero-order valence-corrected chi connectivity index (χ0v) is 16.7. The molecule has 7 heteroatoms. The highest BCUT2D eigenvalue weighted by molar-refractivity contribution is 7.14. The van der Waals surface area contributed by atoms with Gasteiger partial charge in [-0.15, -0.1) is 11.3 Å². The number of thiazole rings is 1. The molecule has 0 aliphatic carbocycles. The summed E-state index contributed by atoms with van der Waals surface area (Å²) in [5.41, 5.74) is 2.38. The van der Waals surface area contributed by atoms with Crippen LogP contribution in [0.25, 0.3) is 0 Å². The van der Waals surface area contributed by atoms with Crippen molar-refractivity contribution in [3.8, 4) is 0 Å². The van der Waals surface area contributed by atoms with Crippen LogP contribution in [0.5, 0.6) is 0 Å². The molecule has 0 spiro atoms. The van der Waals surface area contributed by atoms with Crippen LogP contribution >= 0.6 is 11.3 Å². The number of hydrogen-bond acceptors (Lipinski definition) is 4. The number of anilines is 1. The van der Waals surface area contributed by atoms with Gasteiger partial charge in [-0.1, -0.05) is 30.3 Å². The molecule has 0 unspecified atom stereocenters. The van der Waals surface area contributed by atoms with Crippen molar-refractivity contribution in [1.29, 1.82) is 0 Å². The van der Waals surface area contributed by atoms with Gasteiger partial charge >= 0.3 is 0 Å². The number of benzene rings is 2. The molecule has 0 bridgehead atoms. The van der Waals surface area contributed by atoms with Gasteiger partial charge in [0.05, 0.1) is 5.69 Å². The number of carbonyl (C=O) groups excluding carboxylic acids is 2. The molecular formula is C22H22FN3O2S. The zero-order valence-electron chi connectivity index (χ0n) is 15.9. The summed E-state index contributed by atoms with van der Waals surface area (Å²) in [5, 5.41) is 7.89. The molecule has 0 aliphatic rings. The minimum Gasteiger partial charge on any atom is -0.356 e. The SMILES string of the molecule is O=C(CCc1csc(NC(=O)c2ccc(F)cc2)n1)NCCCc1ccccc1. The Kier molecular flexibility index (Phi) is 7.47. The fourth-order valence-corrected chi connectivity index (χ4v) is 3.48. The Hall–Kier alpha value is -3.06. The third-order valence-electron chi connectivity index (χ3n) is 4.29. The van der Waals surface area contributed by atoms with Crippen LogP contribution in [0.3, 0.4) is 0 Å². The lowest BCUT2D eigenvalue weighted by atomic mass is 10.1. The quantitative estimate of drug-likeness (QED) is 0.518. The lowest BCUT2D eigenvalue weighted by molar-refractivity contribution is -0.121. The van der Waals surface area contributed by atoms with Crippen molar-refractivity contribution < 1.29 is 14.0 Å². The molecule has 5 nitrogen and oxygen atoms in total. The Labute approximate surface area is 173 Å². The van der Waals surface area contributed by atoms with Gasteiger partial charge in [0.15, 0.2) is 5.13 Å². The fraction of sp³-hybridized carbons (Fsp3) is 0.227. The van der Waals surface area contributed by atoms with Crippen LogP contribution in [0.2, 0.25) is 0 Å². The van der Waals surface area contributed by atoms with Crippen LogP contribution < -0.4 is 10.6 Å². The zero-order chi connectivity index (χ0) is 20.5. The smallest absolute Gasteiger partial charge is 0.257 e. The second-order valence-electron chi connectivity index (χ2n) is 6.54. The molecule has 0 fully saturated rings. The number of aromatic nitrogens is 1. The summed E-state index contributed by atoms with van der Waals surface area (Å²) >= 11 is 1.30. The van der Waals surface area contributed by atoms with E-state index >= 15 is 0 Å². The van der Waals surface area contributed by atoms with Crippen molar-refractivity contribution >= 4 is 28.3 Å². The molecule has 2 amide bonds. The first-order valence-electron chi connectivity index (χ1n) is 9.42. The second-order valence-corrected chi connectivity index (χ2v) is 7.40. The summed E-state index contributed by atoms with van der Waals surface area (Å²) in [6, 6.07) is 15.5. The number of nitrogens with one attached hydrogen (secondary N) is 2. The standard InChI is InChI=1S/C22H22FN3O2S/c23-18-10-8-17(9-11-18)21(28)26-22-25-19(15-29-22)12-13-20(27)24-14-4-7-16-5-2-1-3-6-16/h1-3,5-6,8-11,15H,4,7,12-14H2,(H,24,27)(H,25,26,28). The molecule has 3 rings (SSSR count). The predicted molar refractivity (Wildman–Crippen MR) is 113 cm³/mol. The predicted octanol–water partition coefficient (Wildman–Crippen LogP) is 4.22. The topological polar surface area (TPSA) is 71.1 Å². The number of halogens is 1. The van der Waals surface area contributed by atoms with Crippen molar-refractivity contribution in [1.82, 2.24) is 10.3 Å². The van der Waals surface area contributed by atoms with E-state index in [1.165, 1.54) is 41.2 Å². The van der Waals surface area contributed by atoms with Crippen LogP contribution in [0.4, 0.5) is 9.52 Å². The van der Waals surface area contributed by atoms with Crippen LogP contribution in [0, 0.1) is 5.82 Å². The number of rotatable bonds is 9. The fourth-order valence-electron chi connectivity index (χ4n) is 2.74. The van der Waals surface area contributed by atoms with Gasteiger partial charge in [-0.3, -0.25) is 14.9 Å². The Morgan fingerprint density at radius 1 is 1.00 bits per heavy atom. The molecule has 2 N–H and O–H groups in total. The Morgan fingerprint density at radius 2 is 1.76 bits per heavy atom. The average molecular weight is 412 g/mol. The first-order valence-corrected chi connectivity index (χ1v) is 10.3. The van der Waals surface area contributed by atoms with Gasteiger partial charge in [0, 0.05) is 23.9 Å². The molecule has 3 aromatic rings. The van der Waals surface area contributed by atoms with Gasteiger partial charge in [0.2, 0.25) is 5.91 Å². The summed E-state index contributed by atoms with van der Waals surface area (Å²) < 4.78 is 12.9. The van der Waals surface area contributed by atoms with E-state index in [9.17, 15) is 14.0 Å². The van der Waals surface area contributed by atoms with Gasteiger partial charge < -0.3 is 5.32 Å². The van der Waals surface area contributed by atoms with E-state index in [0.29, 0.717) is 30.1 Å². The Bertz CT molecular complexity index is 942. The molecule has 1 aromatic heterocycles. The van der Waals surface area contributed by atoms with Gasteiger partial charge in [0.25, 0.3) is 5.91 Å². The average Bonchev–Trinajstić information content (AvgIpc) is 3.18. The maximum Gasteiger partial charge on any atom is 0.257 e. The highest BCUT2D eigenvalue weighted by atomic mass is 32.1. The Balaban J connectivity index is 1.36.